The average Bonchev–Trinajstić information content (AvgIpc) is 2.68. The number of hydrogen-bond donors (Lipinski definition) is 2. The lowest BCUT2D eigenvalue weighted by molar-refractivity contribution is -0.383. The molecule has 0 spiro atoms. The lowest BCUT2D eigenvalue weighted by Crippen LogP contribution is -2.46. The van der Waals surface area contributed by atoms with E-state index >= 15 is 0 Å². The van der Waals surface area contributed by atoms with Gasteiger partial charge in [0.05, 0.1) is 4.92 Å². The van der Waals surface area contributed by atoms with E-state index in [2.05, 4.69) is 5.32 Å². The van der Waals surface area contributed by atoms with Crippen LogP contribution < -0.4 is 11.1 Å². The molecule has 0 saturated carbocycles. The average molecular weight is 382 g/mol. The van der Waals surface area contributed by atoms with Crippen LogP contribution in [0.25, 0.3) is 0 Å². The van der Waals surface area contributed by atoms with E-state index in [1.807, 2.05) is 25.1 Å². The predicted molar refractivity (Wildman–Crippen MR) is 105 cm³/mol. The largest absolute Gasteiger partial charge is 0.393 e. The molecule has 3 N–H and O–H groups in total. The number of amides is 2. The van der Waals surface area contributed by atoms with E-state index in [0.717, 1.165) is 5.56 Å². The van der Waals surface area contributed by atoms with Gasteiger partial charge in [-0.1, -0.05) is 18.2 Å². The van der Waals surface area contributed by atoms with E-state index in [1.54, 1.807) is 11.0 Å². The number of carbonyl (C=O) groups is 2. The molecule has 0 aromatic heterocycles. The molecule has 0 atom stereocenters. The summed E-state index contributed by atoms with van der Waals surface area (Å²) in [4.78, 5) is 37.2. The van der Waals surface area contributed by atoms with Gasteiger partial charge in [0.1, 0.15) is 5.69 Å². The molecule has 3 rings (SSSR count). The number of benzene rings is 2. The van der Waals surface area contributed by atoms with Crippen molar-refractivity contribution in [2.45, 2.75) is 25.8 Å². The Morgan fingerprint density at radius 1 is 1.18 bits per heavy atom. The Hall–Kier alpha value is -3.42. The number of nitrogens with zero attached hydrogens (tertiary/aromatic N) is 2. The van der Waals surface area contributed by atoms with Gasteiger partial charge in [0.25, 0.3) is 17.5 Å². The highest BCUT2D eigenvalue weighted by atomic mass is 16.6. The van der Waals surface area contributed by atoms with Gasteiger partial charge in [-0.2, -0.15) is 0 Å². The lowest BCUT2D eigenvalue weighted by Gasteiger charge is -2.32. The third kappa shape index (κ3) is 4.11. The molecule has 28 heavy (non-hydrogen) atoms. The van der Waals surface area contributed by atoms with Crippen LogP contribution in [-0.4, -0.2) is 40.8 Å². The number of piperidine rings is 1. The van der Waals surface area contributed by atoms with Crippen LogP contribution in [-0.2, 0) is 0 Å². The third-order valence-corrected chi connectivity index (χ3v) is 4.98. The van der Waals surface area contributed by atoms with Gasteiger partial charge < -0.3 is 16.0 Å². The minimum absolute atomic E-state index is 0.0167. The second kappa shape index (κ2) is 8.08. The highest BCUT2D eigenvalue weighted by Gasteiger charge is 2.26. The molecule has 1 fully saturated rings. The molecule has 1 aliphatic heterocycles. The van der Waals surface area contributed by atoms with Crippen molar-refractivity contribution in [2.24, 2.45) is 0 Å². The zero-order valence-electron chi connectivity index (χ0n) is 15.6. The summed E-state index contributed by atoms with van der Waals surface area (Å²) in [5.74, 6) is -0.385. The van der Waals surface area contributed by atoms with Crippen molar-refractivity contribution in [3.63, 3.8) is 0 Å². The maximum absolute atomic E-state index is 12.7. The van der Waals surface area contributed by atoms with Crippen molar-refractivity contribution in [2.75, 3.05) is 18.8 Å². The molecule has 8 nitrogen and oxygen atoms in total. The summed E-state index contributed by atoms with van der Waals surface area (Å²) in [5.41, 5.74) is 7.14. The summed E-state index contributed by atoms with van der Waals surface area (Å²) in [5, 5.41) is 14.0. The van der Waals surface area contributed by atoms with E-state index < -0.39 is 4.92 Å². The van der Waals surface area contributed by atoms with Gasteiger partial charge in [-0.05, 0) is 43.5 Å². The summed E-state index contributed by atoms with van der Waals surface area (Å²) in [6.45, 7) is 2.83. The smallest absolute Gasteiger partial charge is 0.292 e. The Morgan fingerprint density at radius 2 is 1.86 bits per heavy atom. The second-order valence-electron chi connectivity index (χ2n) is 6.89. The van der Waals surface area contributed by atoms with Gasteiger partial charge in [-0.3, -0.25) is 19.7 Å². The van der Waals surface area contributed by atoms with Gasteiger partial charge in [0, 0.05) is 36.3 Å². The topological polar surface area (TPSA) is 119 Å². The molecular formula is C20H22N4O4. The van der Waals surface area contributed by atoms with Crippen LogP contribution in [0, 0.1) is 17.0 Å². The van der Waals surface area contributed by atoms with E-state index in [4.69, 9.17) is 5.73 Å². The molecule has 0 bridgehead atoms. The van der Waals surface area contributed by atoms with Crippen molar-refractivity contribution < 1.29 is 14.5 Å². The first-order valence-corrected chi connectivity index (χ1v) is 9.06. The molecule has 2 aromatic carbocycles. The fourth-order valence-corrected chi connectivity index (χ4v) is 3.34. The molecule has 0 aliphatic carbocycles. The van der Waals surface area contributed by atoms with Crippen molar-refractivity contribution in [3.05, 3.63) is 69.3 Å². The summed E-state index contributed by atoms with van der Waals surface area (Å²) in [7, 11) is 0. The number of rotatable bonds is 4. The monoisotopic (exact) mass is 382 g/mol. The van der Waals surface area contributed by atoms with Gasteiger partial charge >= 0.3 is 0 Å². The van der Waals surface area contributed by atoms with Gasteiger partial charge in [-0.25, -0.2) is 0 Å². The van der Waals surface area contributed by atoms with Crippen LogP contribution in [0.5, 0.6) is 0 Å². The van der Waals surface area contributed by atoms with Crippen LogP contribution in [0.15, 0.2) is 42.5 Å². The van der Waals surface area contributed by atoms with Crippen molar-refractivity contribution in [3.8, 4) is 0 Å². The number of hydrogen-bond acceptors (Lipinski definition) is 5. The SMILES string of the molecule is Cc1ccccc1C(=O)NC1CCN(C(=O)c2ccc(N)c([N+](=O)[O-])c2)CC1. The zero-order chi connectivity index (χ0) is 20.3. The normalized spacial score (nSPS) is 14.5. The number of carbonyl (C=O) groups excluding carboxylic acids is 2. The fraction of sp³-hybridized carbons (Fsp3) is 0.300. The Bertz CT molecular complexity index is 920. The fourth-order valence-electron chi connectivity index (χ4n) is 3.34. The summed E-state index contributed by atoms with van der Waals surface area (Å²) < 4.78 is 0. The van der Waals surface area contributed by atoms with Crippen molar-refractivity contribution >= 4 is 23.2 Å². The Labute approximate surface area is 162 Å². The number of aryl methyl sites for hydroxylation is 1. The predicted octanol–water partition coefficient (Wildman–Crippen LogP) is 2.52. The van der Waals surface area contributed by atoms with E-state index in [1.165, 1.54) is 18.2 Å². The van der Waals surface area contributed by atoms with Crippen molar-refractivity contribution in [1.29, 1.82) is 0 Å². The Kier molecular flexibility index (Phi) is 5.58. The number of likely N-dealkylation sites (tertiary alicyclic amines) is 1. The number of nitro groups is 1. The summed E-state index contributed by atoms with van der Waals surface area (Å²) >= 11 is 0. The second-order valence-corrected chi connectivity index (χ2v) is 6.89. The summed E-state index contributed by atoms with van der Waals surface area (Å²) in [6.07, 6.45) is 1.25. The van der Waals surface area contributed by atoms with E-state index in [-0.39, 0.29) is 34.8 Å². The highest BCUT2D eigenvalue weighted by molar-refractivity contribution is 5.96. The number of nitrogen functional groups attached to an aromatic ring is 1. The molecule has 1 heterocycles. The van der Waals surface area contributed by atoms with Crippen LogP contribution in [0.3, 0.4) is 0 Å². The Morgan fingerprint density at radius 3 is 2.50 bits per heavy atom. The van der Waals surface area contributed by atoms with Crippen molar-refractivity contribution in [1.82, 2.24) is 10.2 Å². The van der Waals surface area contributed by atoms with E-state index in [0.29, 0.717) is 31.5 Å². The quantitative estimate of drug-likeness (QED) is 0.478. The van der Waals surface area contributed by atoms with Crippen LogP contribution in [0.2, 0.25) is 0 Å². The number of nitrogens with two attached hydrogens (primary N) is 1. The molecule has 146 valence electrons. The molecule has 1 saturated heterocycles. The minimum Gasteiger partial charge on any atom is -0.393 e. The first-order chi connectivity index (χ1) is 13.4. The molecule has 2 aromatic rings. The third-order valence-electron chi connectivity index (χ3n) is 4.98. The number of nitrogens with one attached hydrogen (secondary N) is 1. The van der Waals surface area contributed by atoms with Crippen LogP contribution in [0.1, 0.15) is 39.1 Å². The number of anilines is 1. The maximum Gasteiger partial charge on any atom is 0.292 e. The Balaban J connectivity index is 1.60. The van der Waals surface area contributed by atoms with Crippen LogP contribution >= 0.6 is 0 Å². The first kappa shape index (κ1) is 19.3. The van der Waals surface area contributed by atoms with Crippen LogP contribution in [0.4, 0.5) is 11.4 Å². The molecule has 8 heteroatoms. The maximum atomic E-state index is 12.7. The van der Waals surface area contributed by atoms with Gasteiger partial charge in [0.2, 0.25) is 0 Å². The molecule has 0 radical (unpaired) electrons. The first-order valence-electron chi connectivity index (χ1n) is 9.06. The molecule has 1 aliphatic rings. The van der Waals surface area contributed by atoms with Gasteiger partial charge in [0.15, 0.2) is 0 Å². The highest BCUT2D eigenvalue weighted by Crippen LogP contribution is 2.24. The summed E-state index contributed by atoms with van der Waals surface area (Å²) in [6, 6.07) is 11.5. The zero-order valence-corrected chi connectivity index (χ0v) is 15.6. The standard InChI is InChI=1S/C20H22N4O4/c1-13-4-2-3-5-16(13)19(25)22-15-8-10-23(11-9-15)20(26)14-6-7-17(21)18(12-14)24(27)28/h2-7,12,15H,8-11,21H2,1H3,(H,22,25). The molecule has 0 unspecified atom stereocenters. The molecular weight excluding hydrogens is 360 g/mol. The lowest BCUT2D eigenvalue weighted by atomic mass is 10.0. The van der Waals surface area contributed by atoms with E-state index in [9.17, 15) is 19.7 Å². The van der Waals surface area contributed by atoms with Gasteiger partial charge in [-0.15, -0.1) is 0 Å². The molecule has 2 amide bonds. The minimum atomic E-state index is -0.598. The number of nitro benzene ring substituents is 1.